The van der Waals surface area contributed by atoms with Crippen LogP contribution in [0.4, 0.5) is 0 Å². The molecule has 3 nitrogen and oxygen atoms in total. The molecule has 1 aliphatic carbocycles. The molecule has 10 rings (SSSR count). The van der Waals surface area contributed by atoms with Crippen LogP contribution in [0, 0.1) is 0 Å². The van der Waals surface area contributed by atoms with Gasteiger partial charge in [-0.25, -0.2) is 9.97 Å². The van der Waals surface area contributed by atoms with E-state index < -0.39 is 0 Å². The number of hydrogen-bond donors (Lipinski definition) is 0. The normalized spacial score (nSPS) is 15.2. The number of benzene rings is 7. The minimum Gasteiger partial charge on any atom is -0.309 e. The van der Waals surface area contributed by atoms with Crippen LogP contribution in [0.2, 0.25) is 0 Å². The van der Waals surface area contributed by atoms with E-state index in [-0.39, 0.29) is 10.8 Å². The first kappa shape index (κ1) is 30.1. The Bertz CT molecular complexity index is 2860. The number of rotatable bonds is 3. The molecule has 0 bridgehead atoms. The van der Waals surface area contributed by atoms with E-state index >= 15 is 0 Å². The van der Waals surface area contributed by atoms with Gasteiger partial charge in [0.05, 0.1) is 22.2 Å². The van der Waals surface area contributed by atoms with Crippen LogP contribution in [0.15, 0.2) is 140 Å². The minimum absolute atomic E-state index is 0.0824. The highest BCUT2D eigenvalue weighted by molar-refractivity contribution is 6.32. The summed E-state index contributed by atoms with van der Waals surface area (Å²) in [7, 11) is 0. The standard InChI is InChI=1S/C48H39N3/c1-47(2)25-26-48(3,4)40-29-42-38(28-39(40)47)43-35-21-10-8-19-33(35)34-20-9-11-22-36(34)45(43)51(42)32-18-14-17-31(27-32)46-49-41-24-13-12-23-37(41)44(50-46)30-15-6-5-7-16-30/h5-24,27-29H,25-26H2,1-4H3. The van der Waals surface area contributed by atoms with Gasteiger partial charge in [0.1, 0.15) is 0 Å². The van der Waals surface area contributed by atoms with Crippen LogP contribution < -0.4 is 0 Å². The second-order valence-corrected chi connectivity index (χ2v) is 15.7. The Morgan fingerprint density at radius 3 is 1.82 bits per heavy atom. The molecule has 0 amide bonds. The van der Waals surface area contributed by atoms with Crippen molar-refractivity contribution < 1.29 is 0 Å². The van der Waals surface area contributed by atoms with Crippen molar-refractivity contribution in [2.24, 2.45) is 0 Å². The molecule has 0 saturated carbocycles. The first-order chi connectivity index (χ1) is 24.8. The van der Waals surface area contributed by atoms with Gasteiger partial charge in [0.2, 0.25) is 0 Å². The molecule has 9 aromatic rings. The van der Waals surface area contributed by atoms with Gasteiger partial charge < -0.3 is 4.57 Å². The van der Waals surface area contributed by atoms with E-state index in [4.69, 9.17) is 9.97 Å². The van der Waals surface area contributed by atoms with Crippen molar-refractivity contribution in [2.75, 3.05) is 0 Å². The molecule has 3 heteroatoms. The van der Waals surface area contributed by atoms with Gasteiger partial charge in [0.15, 0.2) is 5.82 Å². The lowest BCUT2D eigenvalue weighted by Gasteiger charge is -2.42. The Morgan fingerprint density at radius 1 is 0.490 bits per heavy atom. The summed E-state index contributed by atoms with van der Waals surface area (Å²) in [6.07, 6.45) is 2.35. The van der Waals surface area contributed by atoms with Gasteiger partial charge in [-0.2, -0.15) is 0 Å². The Morgan fingerprint density at radius 2 is 1.08 bits per heavy atom. The van der Waals surface area contributed by atoms with Gasteiger partial charge in [-0.1, -0.05) is 137 Å². The maximum Gasteiger partial charge on any atom is 0.160 e. The molecule has 0 N–H and O–H groups in total. The molecule has 51 heavy (non-hydrogen) atoms. The topological polar surface area (TPSA) is 30.7 Å². The van der Waals surface area contributed by atoms with E-state index in [9.17, 15) is 0 Å². The predicted molar refractivity (Wildman–Crippen MR) is 215 cm³/mol. The first-order valence-electron chi connectivity index (χ1n) is 18.1. The molecule has 0 unspecified atom stereocenters. The second-order valence-electron chi connectivity index (χ2n) is 15.7. The Labute approximate surface area is 298 Å². The lowest BCUT2D eigenvalue weighted by Crippen LogP contribution is -2.33. The van der Waals surface area contributed by atoms with Crippen LogP contribution in [0.5, 0.6) is 0 Å². The fraction of sp³-hybridized carbons (Fsp3) is 0.167. The zero-order valence-corrected chi connectivity index (χ0v) is 29.5. The number of hydrogen-bond acceptors (Lipinski definition) is 2. The lowest BCUT2D eigenvalue weighted by atomic mass is 9.63. The first-order valence-corrected chi connectivity index (χ1v) is 18.1. The van der Waals surface area contributed by atoms with Gasteiger partial charge >= 0.3 is 0 Å². The highest BCUT2D eigenvalue weighted by atomic mass is 15.0. The molecule has 0 fully saturated rings. The Balaban J connectivity index is 1.32. The molecular weight excluding hydrogens is 619 g/mol. The zero-order chi connectivity index (χ0) is 34.5. The van der Waals surface area contributed by atoms with E-state index in [0.29, 0.717) is 0 Å². The van der Waals surface area contributed by atoms with E-state index in [1.807, 2.05) is 0 Å². The smallest absolute Gasteiger partial charge is 0.160 e. The molecule has 0 aliphatic heterocycles. The lowest BCUT2D eigenvalue weighted by molar-refractivity contribution is 0.332. The molecule has 2 aromatic heterocycles. The monoisotopic (exact) mass is 657 g/mol. The molecule has 0 spiro atoms. The van der Waals surface area contributed by atoms with Crippen molar-refractivity contribution in [3.8, 4) is 28.3 Å². The van der Waals surface area contributed by atoms with Crippen molar-refractivity contribution in [3.63, 3.8) is 0 Å². The van der Waals surface area contributed by atoms with Crippen molar-refractivity contribution in [1.29, 1.82) is 0 Å². The zero-order valence-electron chi connectivity index (χ0n) is 29.5. The number of fused-ring (bicyclic) bond motifs is 10. The van der Waals surface area contributed by atoms with Crippen molar-refractivity contribution >= 4 is 54.3 Å². The minimum atomic E-state index is 0.0824. The third-order valence-electron chi connectivity index (χ3n) is 11.6. The Kier molecular flexibility index (Phi) is 6.39. The summed E-state index contributed by atoms with van der Waals surface area (Å²) in [5, 5.41) is 8.82. The summed E-state index contributed by atoms with van der Waals surface area (Å²) >= 11 is 0. The quantitative estimate of drug-likeness (QED) is 0.177. The van der Waals surface area contributed by atoms with Gasteiger partial charge in [-0.3, -0.25) is 0 Å². The van der Waals surface area contributed by atoms with Crippen LogP contribution in [-0.4, -0.2) is 14.5 Å². The van der Waals surface area contributed by atoms with E-state index in [0.717, 1.165) is 39.2 Å². The van der Waals surface area contributed by atoms with Crippen molar-refractivity contribution in [3.05, 3.63) is 151 Å². The maximum atomic E-state index is 5.25. The molecule has 246 valence electrons. The molecule has 7 aromatic carbocycles. The van der Waals surface area contributed by atoms with Gasteiger partial charge in [-0.05, 0) is 81.3 Å². The predicted octanol–water partition coefficient (Wildman–Crippen LogP) is 12.7. The number of nitrogens with zero attached hydrogens (tertiary/aromatic N) is 3. The van der Waals surface area contributed by atoms with Gasteiger partial charge in [0, 0.05) is 38.4 Å². The molecular formula is C48H39N3. The highest BCUT2D eigenvalue weighted by Gasteiger charge is 2.38. The summed E-state index contributed by atoms with van der Waals surface area (Å²) in [5.41, 5.74) is 10.7. The molecule has 0 radical (unpaired) electrons. The maximum absolute atomic E-state index is 5.25. The fourth-order valence-electron chi connectivity index (χ4n) is 8.81. The van der Waals surface area contributed by atoms with E-state index in [2.05, 4.69) is 172 Å². The second kappa shape index (κ2) is 10.8. The third-order valence-corrected chi connectivity index (χ3v) is 11.6. The summed E-state index contributed by atoms with van der Waals surface area (Å²) in [6, 6.07) is 50.6. The average Bonchev–Trinajstić information content (AvgIpc) is 3.51. The van der Waals surface area contributed by atoms with Crippen LogP contribution in [-0.2, 0) is 10.8 Å². The summed E-state index contributed by atoms with van der Waals surface area (Å²) in [6.45, 7) is 9.70. The Hall–Kier alpha value is -5.80. The molecule has 0 saturated heterocycles. The highest BCUT2D eigenvalue weighted by Crippen LogP contribution is 2.50. The summed E-state index contributed by atoms with van der Waals surface area (Å²) in [4.78, 5) is 10.4. The molecule has 1 aliphatic rings. The van der Waals surface area contributed by atoms with Crippen LogP contribution >= 0.6 is 0 Å². The van der Waals surface area contributed by atoms with Crippen LogP contribution in [0.25, 0.3) is 82.6 Å². The average molecular weight is 658 g/mol. The molecule has 2 heterocycles. The van der Waals surface area contributed by atoms with E-state index in [1.54, 1.807) is 0 Å². The number of aromatic nitrogens is 3. The van der Waals surface area contributed by atoms with Crippen molar-refractivity contribution in [2.45, 2.75) is 51.4 Å². The summed E-state index contributed by atoms with van der Waals surface area (Å²) < 4.78 is 2.53. The number of para-hydroxylation sites is 1. The van der Waals surface area contributed by atoms with Gasteiger partial charge in [-0.15, -0.1) is 0 Å². The van der Waals surface area contributed by atoms with Gasteiger partial charge in [0.25, 0.3) is 0 Å². The van der Waals surface area contributed by atoms with Crippen LogP contribution in [0.3, 0.4) is 0 Å². The third kappa shape index (κ3) is 4.50. The fourth-order valence-corrected chi connectivity index (χ4v) is 8.81. The SMILES string of the molecule is CC1(C)CCC(C)(C)c2cc3c(cc21)c1c2ccccc2c2ccccc2c1n3-c1cccc(-c2nc(-c3ccccc3)c3ccccc3n2)c1. The van der Waals surface area contributed by atoms with E-state index in [1.165, 1.54) is 67.3 Å². The largest absolute Gasteiger partial charge is 0.309 e. The summed E-state index contributed by atoms with van der Waals surface area (Å²) in [5.74, 6) is 0.728. The molecule has 0 atom stereocenters. The van der Waals surface area contributed by atoms with Crippen LogP contribution in [0.1, 0.15) is 51.7 Å². The van der Waals surface area contributed by atoms with Crippen molar-refractivity contribution in [1.82, 2.24) is 14.5 Å².